The molecule has 0 saturated carbocycles. The van der Waals surface area contributed by atoms with Crippen LogP contribution in [0.2, 0.25) is 0 Å². The van der Waals surface area contributed by atoms with Gasteiger partial charge in [-0.15, -0.1) is 0 Å². The van der Waals surface area contributed by atoms with Crippen molar-refractivity contribution in [2.24, 2.45) is 0 Å². The van der Waals surface area contributed by atoms with Crippen molar-refractivity contribution in [3.05, 3.63) is 66.5 Å². The summed E-state index contributed by atoms with van der Waals surface area (Å²) in [4.78, 5) is 23.7. The summed E-state index contributed by atoms with van der Waals surface area (Å²) >= 11 is 1.28. The number of carbonyl (C=O) groups is 1. The Morgan fingerprint density at radius 1 is 1.16 bits per heavy atom. The van der Waals surface area contributed by atoms with E-state index in [9.17, 15) is 9.18 Å². The van der Waals surface area contributed by atoms with Gasteiger partial charge in [-0.1, -0.05) is 11.3 Å². The minimum Gasteiger partial charge on any atom is -0.497 e. The number of carbonyl (C=O) groups excluding carboxylic acids is 1. The van der Waals surface area contributed by atoms with Crippen LogP contribution >= 0.6 is 11.3 Å². The van der Waals surface area contributed by atoms with Crippen molar-refractivity contribution in [3.8, 4) is 11.5 Å². The van der Waals surface area contributed by atoms with Crippen molar-refractivity contribution in [2.75, 3.05) is 25.7 Å². The number of nitrogens with zero attached hydrogens (tertiary/aromatic N) is 4. The van der Waals surface area contributed by atoms with Gasteiger partial charge >= 0.3 is 0 Å². The van der Waals surface area contributed by atoms with Gasteiger partial charge in [0.2, 0.25) is 0 Å². The van der Waals surface area contributed by atoms with Gasteiger partial charge in [-0.05, 0) is 36.8 Å². The Labute approximate surface area is 182 Å². The van der Waals surface area contributed by atoms with Crippen molar-refractivity contribution in [1.29, 1.82) is 0 Å². The van der Waals surface area contributed by atoms with E-state index in [0.717, 1.165) is 0 Å². The first-order chi connectivity index (χ1) is 15.1. The van der Waals surface area contributed by atoms with E-state index in [1.54, 1.807) is 41.7 Å². The summed E-state index contributed by atoms with van der Waals surface area (Å²) in [5.74, 6) is 0.473. The van der Waals surface area contributed by atoms with Crippen LogP contribution in [-0.4, -0.2) is 41.2 Å². The number of rotatable bonds is 8. The minimum atomic E-state index is -0.335. The minimum absolute atomic E-state index is 0.234. The Hall–Kier alpha value is -3.46. The van der Waals surface area contributed by atoms with Gasteiger partial charge in [-0.2, -0.15) is 0 Å². The summed E-state index contributed by atoms with van der Waals surface area (Å²) < 4.78 is 26.9. The van der Waals surface area contributed by atoms with E-state index in [1.807, 2.05) is 10.8 Å². The molecule has 160 valence electrons. The van der Waals surface area contributed by atoms with Gasteiger partial charge in [0.1, 0.15) is 17.3 Å². The average molecular weight is 441 g/mol. The number of thiazole rings is 1. The molecule has 1 amide bonds. The fourth-order valence-corrected chi connectivity index (χ4v) is 4.22. The monoisotopic (exact) mass is 440 g/mol. The zero-order chi connectivity index (χ0) is 21.8. The van der Waals surface area contributed by atoms with Crippen LogP contribution < -0.4 is 14.4 Å². The average Bonchev–Trinajstić information content (AvgIpc) is 3.45. The standard InChI is InChI=1S/C22H21FN4O3S/c1-29-17-10-15(11-18(13-17)30-2)21(28)27(8-3-7-26-9-6-24-14-26)22-25-19-5-4-16(23)12-20(19)31-22/h4-6,9-14H,3,7-8H2,1-2H3. The van der Waals surface area contributed by atoms with E-state index in [4.69, 9.17) is 9.47 Å². The number of aromatic nitrogens is 3. The zero-order valence-corrected chi connectivity index (χ0v) is 17.9. The SMILES string of the molecule is COc1cc(OC)cc(C(=O)N(CCCn2ccnc2)c2nc3ccc(F)cc3s2)c1. The summed E-state index contributed by atoms with van der Waals surface area (Å²) in [6.45, 7) is 1.13. The van der Waals surface area contributed by atoms with E-state index in [0.29, 0.717) is 51.9 Å². The second-order valence-electron chi connectivity index (χ2n) is 6.82. The van der Waals surface area contributed by atoms with E-state index in [2.05, 4.69) is 9.97 Å². The number of hydrogen-bond acceptors (Lipinski definition) is 6. The molecule has 0 N–H and O–H groups in total. The Balaban J connectivity index is 1.67. The van der Waals surface area contributed by atoms with Gasteiger partial charge in [-0.25, -0.2) is 14.4 Å². The molecular weight excluding hydrogens is 419 g/mol. The fraction of sp³-hybridized carbons (Fsp3) is 0.227. The van der Waals surface area contributed by atoms with E-state index in [1.165, 1.54) is 37.7 Å². The number of methoxy groups -OCH3 is 2. The van der Waals surface area contributed by atoms with Gasteiger partial charge in [0, 0.05) is 37.1 Å². The largest absolute Gasteiger partial charge is 0.497 e. The van der Waals surface area contributed by atoms with E-state index in [-0.39, 0.29) is 11.7 Å². The molecule has 2 aromatic carbocycles. The molecule has 2 aromatic heterocycles. The van der Waals surface area contributed by atoms with Gasteiger partial charge in [-0.3, -0.25) is 9.69 Å². The van der Waals surface area contributed by atoms with Gasteiger partial charge < -0.3 is 14.0 Å². The third kappa shape index (κ3) is 4.66. The molecule has 0 fully saturated rings. The van der Waals surface area contributed by atoms with Crippen LogP contribution in [0.25, 0.3) is 10.2 Å². The summed E-state index contributed by atoms with van der Waals surface area (Å²) in [7, 11) is 3.07. The number of fused-ring (bicyclic) bond motifs is 1. The summed E-state index contributed by atoms with van der Waals surface area (Å²) in [5.41, 5.74) is 1.07. The number of ether oxygens (including phenoxy) is 2. The molecule has 4 aromatic rings. The lowest BCUT2D eigenvalue weighted by Gasteiger charge is -2.20. The third-order valence-corrected chi connectivity index (χ3v) is 5.81. The highest BCUT2D eigenvalue weighted by Gasteiger charge is 2.22. The first kappa shape index (κ1) is 20.8. The second kappa shape index (κ2) is 9.13. The predicted octanol–water partition coefficient (Wildman–Crippen LogP) is 4.39. The Morgan fingerprint density at radius 3 is 2.61 bits per heavy atom. The molecule has 0 aliphatic rings. The first-order valence-electron chi connectivity index (χ1n) is 9.64. The fourth-order valence-electron chi connectivity index (χ4n) is 3.20. The molecule has 31 heavy (non-hydrogen) atoms. The van der Waals surface area contributed by atoms with E-state index >= 15 is 0 Å². The van der Waals surface area contributed by atoms with Crippen LogP contribution in [0.15, 0.2) is 55.1 Å². The summed E-state index contributed by atoms with van der Waals surface area (Å²) in [5, 5.41) is 0.512. The molecule has 0 bridgehead atoms. The quantitative estimate of drug-likeness (QED) is 0.407. The smallest absolute Gasteiger partial charge is 0.260 e. The van der Waals surface area contributed by atoms with Gasteiger partial charge in [0.15, 0.2) is 5.13 Å². The highest BCUT2D eigenvalue weighted by molar-refractivity contribution is 7.22. The van der Waals surface area contributed by atoms with Crippen molar-refractivity contribution in [2.45, 2.75) is 13.0 Å². The molecular formula is C22H21FN4O3S. The zero-order valence-electron chi connectivity index (χ0n) is 17.1. The second-order valence-corrected chi connectivity index (χ2v) is 7.83. The highest BCUT2D eigenvalue weighted by atomic mass is 32.1. The van der Waals surface area contributed by atoms with Crippen LogP contribution in [-0.2, 0) is 6.54 Å². The number of amides is 1. The lowest BCUT2D eigenvalue weighted by Crippen LogP contribution is -2.32. The Bertz CT molecular complexity index is 1170. The number of hydrogen-bond donors (Lipinski definition) is 0. The molecule has 0 saturated heterocycles. The molecule has 2 heterocycles. The molecule has 0 aliphatic carbocycles. The number of imidazole rings is 1. The van der Waals surface area contributed by atoms with Crippen LogP contribution in [0.1, 0.15) is 16.8 Å². The molecule has 0 aliphatic heterocycles. The van der Waals surface area contributed by atoms with E-state index < -0.39 is 0 Å². The number of aryl methyl sites for hydroxylation is 1. The molecule has 0 atom stereocenters. The Kier molecular flexibility index (Phi) is 6.13. The van der Waals surface area contributed by atoms with Gasteiger partial charge in [0.05, 0.1) is 30.8 Å². The number of anilines is 1. The highest BCUT2D eigenvalue weighted by Crippen LogP contribution is 2.31. The lowest BCUT2D eigenvalue weighted by atomic mass is 10.1. The molecule has 0 unspecified atom stereocenters. The number of benzene rings is 2. The molecule has 4 rings (SSSR count). The molecule has 0 spiro atoms. The molecule has 9 heteroatoms. The maximum Gasteiger partial charge on any atom is 0.260 e. The van der Waals surface area contributed by atoms with Crippen molar-refractivity contribution in [1.82, 2.24) is 14.5 Å². The van der Waals surface area contributed by atoms with Crippen LogP contribution in [0.5, 0.6) is 11.5 Å². The van der Waals surface area contributed by atoms with Crippen LogP contribution in [0, 0.1) is 5.82 Å². The molecule has 7 nitrogen and oxygen atoms in total. The topological polar surface area (TPSA) is 69.5 Å². The predicted molar refractivity (Wildman–Crippen MR) is 118 cm³/mol. The summed E-state index contributed by atoms with van der Waals surface area (Å²) in [6, 6.07) is 9.46. The third-order valence-electron chi connectivity index (χ3n) is 4.77. The maximum atomic E-state index is 13.7. The Morgan fingerprint density at radius 2 is 1.94 bits per heavy atom. The van der Waals surface area contributed by atoms with Crippen molar-refractivity contribution in [3.63, 3.8) is 0 Å². The van der Waals surface area contributed by atoms with Crippen LogP contribution in [0.4, 0.5) is 9.52 Å². The number of halogens is 1. The van der Waals surface area contributed by atoms with Gasteiger partial charge in [0.25, 0.3) is 5.91 Å². The normalized spacial score (nSPS) is 10.9. The van der Waals surface area contributed by atoms with Crippen LogP contribution in [0.3, 0.4) is 0 Å². The molecule has 0 radical (unpaired) electrons. The van der Waals surface area contributed by atoms with Crippen molar-refractivity contribution < 1.29 is 18.7 Å². The van der Waals surface area contributed by atoms with Crippen molar-refractivity contribution >= 4 is 32.6 Å². The first-order valence-corrected chi connectivity index (χ1v) is 10.5. The maximum absolute atomic E-state index is 13.7. The summed E-state index contributed by atoms with van der Waals surface area (Å²) in [6.07, 6.45) is 6.01. The lowest BCUT2D eigenvalue weighted by molar-refractivity contribution is 0.0985.